The zero-order chi connectivity index (χ0) is 27.8. The Kier molecular flexibility index (Phi) is 6.92. The standard InChI is InChI=1S/C26H20F6N4O2/c1-35-14-34-22-18(23(37)33-13-15-7-3-5-9-19(15)25(27,28)29)11-16(12-21(22)35)36(2)24(38)17-8-4-6-10-20(17)26(30,31)32/h3-12,14H,13H2,1-2H3,(H,33,37). The van der Waals surface area contributed by atoms with Crippen molar-refractivity contribution in [2.45, 2.75) is 18.9 Å². The number of nitrogens with zero attached hydrogens (tertiary/aromatic N) is 3. The van der Waals surface area contributed by atoms with Crippen LogP contribution in [0.4, 0.5) is 32.0 Å². The molecule has 2 amide bonds. The molecule has 0 atom stereocenters. The van der Waals surface area contributed by atoms with Gasteiger partial charge in [-0.3, -0.25) is 9.59 Å². The van der Waals surface area contributed by atoms with Gasteiger partial charge in [0, 0.05) is 26.3 Å². The van der Waals surface area contributed by atoms with Crippen LogP contribution < -0.4 is 10.2 Å². The second-order valence-corrected chi connectivity index (χ2v) is 8.46. The average Bonchev–Trinajstić information content (AvgIpc) is 3.25. The first-order valence-electron chi connectivity index (χ1n) is 11.1. The minimum Gasteiger partial charge on any atom is -0.348 e. The van der Waals surface area contributed by atoms with Crippen LogP contribution >= 0.6 is 0 Å². The lowest BCUT2D eigenvalue weighted by molar-refractivity contribution is -0.138. The minimum atomic E-state index is -4.77. The number of hydrogen-bond donors (Lipinski definition) is 1. The number of rotatable bonds is 5. The van der Waals surface area contributed by atoms with Crippen molar-refractivity contribution in [2.75, 3.05) is 11.9 Å². The molecule has 1 aromatic heterocycles. The van der Waals surface area contributed by atoms with E-state index in [1.165, 1.54) is 60.4 Å². The van der Waals surface area contributed by atoms with Crippen LogP contribution in [0.15, 0.2) is 67.0 Å². The van der Waals surface area contributed by atoms with Gasteiger partial charge in [0.15, 0.2) is 0 Å². The number of imidazole rings is 1. The van der Waals surface area contributed by atoms with Gasteiger partial charge >= 0.3 is 12.4 Å². The second kappa shape index (κ2) is 9.84. The predicted octanol–water partition coefficient (Wildman–Crippen LogP) is 5.82. The van der Waals surface area contributed by atoms with Gasteiger partial charge in [0.25, 0.3) is 11.8 Å². The van der Waals surface area contributed by atoms with Crippen molar-refractivity contribution < 1.29 is 35.9 Å². The van der Waals surface area contributed by atoms with E-state index in [0.717, 1.165) is 23.1 Å². The van der Waals surface area contributed by atoms with Gasteiger partial charge in [-0.2, -0.15) is 26.3 Å². The molecular formula is C26H20F6N4O2. The van der Waals surface area contributed by atoms with Crippen LogP contribution in [0.1, 0.15) is 37.4 Å². The van der Waals surface area contributed by atoms with Gasteiger partial charge in [0.1, 0.15) is 5.52 Å². The lowest BCUT2D eigenvalue weighted by atomic mass is 10.0. The molecule has 0 saturated heterocycles. The fourth-order valence-electron chi connectivity index (χ4n) is 4.02. The Morgan fingerprint density at radius 2 is 1.50 bits per heavy atom. The van der Waals surface area contributed by atoms with Crippen molar-refractivity contribution in [1.29, 1.82) is 0 Å². The van der Waals surface area contributed by atoms with Gasteiger partial charge in [-0.1, -0.05) is 30.3 Å². The molecule has 4 rings (SSSR count). The summed E-state index contributed by atoms with van der Waals surface area (Å²) in [4.78, 5) is 31.3. The van der Waals surface area contributed by atoms with Crippen LogP contribution in [0, 0.1) is 0 Å². The van der Waals surface area contributed by atoms with Gasteiger partial charge < -0.3 is 14.8 Å². The number of halogens is 6. The van der Waals surface area contributed by atoms with Crippen LogP contribution in [0.5, 0.6) is 0 Å². The summed E-state index contributed by atoms with van der Waals surface area (Å²) in [6, 6.07) is 11.8. The molecule has 0 saturated carbocycles. The molecule has 38 heavy (non-hydrogen) atoms. The van der Waals surface area contributed by atoms with E-state index in [9.17, 15) is 35.9 Å². The average molecular weight is 534 g/mol. The molecule has 0 bridgehead atoms. The number of alkyl halides is 6. The molecule has 12 heteroatoms. The first-order valence-corrected chi connectivity index (χ1v) is 11.1. The number of amides is 2. The smallest absolute Gasteiger partial charge is 0.348 e. The monoisotopic (exact) mass is 534 g/mol. The van der Waals surface area contributed by atoms with Crippen LogP contribution in [0.25, 0.3) is 11.0 Å². The molecule has 0 aliphatic heterocycles. The third kappa shape index (κ3) is 5.20. The number of carbonyl (C=O) groups excluding carboxylic acids is 2. The predicted molar refractivity (Wildman–Crippen MR) is 128 cm³/mol. The number of aromatic nitrogens is 2. The van der Waals surface area contributed by atoms with Crippen LogP contribution in [0.2, 0.25) is 0 Å². The molecule has 1 heterocycles. The number of fused-ring (bicyclic) bond motifs is 1. The van der Waals surface area contributed by atoms with Crippen molar-refractivity contribution in [2.24, 2.45) is 7.05 Å². The van der Waals surface area contributed by atoms with Gasteiger partial charge in [-0.15, -0.1) is 0 Å². The highest BCUT2D eigenvalue weighted by Gasteiger charge is 2.36. The first-order chi connectivity index (χ1) is 17.8. The highest BCUT2D eigenvalue weighted by atomic mass is 19.4. The van der Waals surface area contributed by atoms with Crippen molar-refractivity contribution in [3.63, 3.8) is 0 Å². The maximum Gasteiger partial charge on any atom is 0.417 e. The number of nitrogens with one attached hydrogen (secondary N) is 1. The number of anilines is 1. The Morgan fingerprint density at radius 3 is 2.16 bits per heavy atom. The number of benzene rings is 3. The Labute approximate surface area is 212 Å². The van der Waals surface area contributed by atoms with Crippen molar-refractivity contribution in [1.82, 2.24) is 14.9 Å². The first kappa shape index (κ1) is 26.7. The number of aryl methyl sites for hydroxylation is 1. The zero-order valence-electron chi connectivity index (χ0n) is 20.0. The molecule has 0 unspecified atom stereocenters. The molecule has 198 valence electrons. The molecule has 0 aliphatic carbocycles. The lowest BCUT2D eigenvalue weighted by Gasteiger charge is -2.21. The largest absolute Gasteiger partial charge is 0.417 e. The van der Waals surface area contributed by atoms with E-state index in [2.05, 4.69) is 10.3 Å². The quantitative estimate of drug-likeness (QED) is 0.329. The van der Waals surface area contributed by atoms with E-state index in [-0.39, 0.29) is 22.3 Å². The fraction of sp³-hybridized carbons (Fsp3) is 0.192. The molecule has 0 aliphatic rings. The summed E-state index contributed by atoms with van der Waals surface area (Å²) in [5.74, 6) is -1.74. The van der Waals surface area contributed by atoms with E-state index in [1.807, 2.05) is 0 Å². The van der Waals surface area contributed by atoms with E-state index >= 15 is 0 Å². The molecule has 0 spiro atoms. The highest BCUT2D eigenvalue weighted by molar-refractivity contribution is 6.11. The summed E-state index contributed by atoms with van der Waals surface area (Å²) in [7, 11) is 2.87. The third-order valence-electron chi connectivity index (χ3n) is 5.98. The molecule has 4 aromatic rings. The van der Waals surface area contributed by atoms with E-state index in [4.69, 9.17) is 0 Å². The Hall–Kier alpha value is -4.35. The van der Waals surface area contributed by atoms with Gasteiger partial charge in [0.05, 0.1) is 34.1 Å². The molecule has 0 radical (unpaired) electrons. The zero-order valence-corrected chi connectivity index (χ0v) is 20.0. The number of carbonyl (C=O) groups is 2. The van der Waals surface area contributed by atoms with Crippen LogP contribution in [-0.2, 0) is 25.9 Å². The minimum absolute atomic E-state index is 0.0636. The SMILES string of the molecule is CN(C(=O)c1ccccc1C(F)(F)F)c1cc(C(=O)NCc2ccccc2C(F)(F)F)c2ncn(C)c2c1. The van der Waals surface area contributed by atoms with Crippen LogP contribution in [-0.4, -0.2) is 28.4 Å². The summed E-state index contributed by atoms with van der Waals surface area (Å²) >= 11 is 0. The summed E-state index contributed by atoms with van der Waals surface area (Å²) in [6.07, 6.45) is -7.99. The van der Waals surface area contributed by atoms with Gasteiger partial charge in [-0.25, -0.2) is 4.98 Å². The Bertz CT molecular complexity index is 1520. The van der Waals surface area contributed by atoms with Gasteiger partial charge in [0.2, 0.25) is 0 Å². The summed E-state index contributed by atoms with van der Waals surface area (Å²) in [6.45, 7) is -0.444. The van der Waals surface area contributed by atoms with Crippen molar-refractivity contribution >= 4 is 28.5 Å². The highest BCUT2D eigenvalue weighted by Crippen LogP contribution is 2.34. The fourth-order valence-corrected chi connectivity index (χ4v) is 4.02. The third-order valence-corrected chi connectivity index (χ3v) is 5.98. The lowest BCUT2D eigenvalue weighted by Crippen LogP contribution is -2.29. The van der Waals surface area contributed by atoms with E-state index in [1.54, 1.807) is 7.05 Å². The normalized spacial score (nSPS) is 12.0. The topological polar surface area (TPSA) is 67.2 Å². The molecule has 3 aromatic carbocycles. The maximum atomic E-state index is 13.5. The van der Waals surface area contributed by atoms with E-state index in [0.29, 0.717) is 5.52 Å². The number of hydrogen-bond acceptors (Lipinski definition) is 3. The van der Waals surface area contributed by atoms with Crippen molar-refractivity contribution in [3.05, 3.63) is 94.8 Å². The summed E-state index contributed by atoms with van der Waals surface area (Å²) in [5, 5.41) is 2.44. The van der Waals surface area contributed by atoms with Crippen LogP contribution in [0.3, 0.4) is 0 Å². The molecule has 0 fully saturated rings. The Balaban J connectivity index is 1.69. The van der Waals surface area contributed by atoms with E-state index < -0.39 is 47.4 Å². The van der Waals surface area contributed by atoms with Crippen molar-refractivity contribution in [3.8, 4) is 0 Å². The summed E-state index contributed by atoms with van der Waals surface area (Å²) < 4.78 is 82.0. The molecule has 6 nitrogen and oxygen atoms in total. The van der Waals surface area contributed by atoms with Gasteiger partial charge in [-0.05, 0) is 35.9 Å². The Morgan fingerprint density at radius 1 is 0.895 bits per heavy atom. The maximum absolute atomic E-state index is 13.5. The molecule has 1 N–H and O–H groups in total. The summed E-state index contributed by atoms with van der Waals surface area (Å²) in [5.41, 5.74) is -2.14. The molecular weight excluding hydrogens is 514 g/mol. The second-order valence-electron chi connectivity index (χ2n) is 8.46.